The third-order valence-corrected chi connectivity index (χ3v) is 5.36. The number of amides is 2. The number of benzene rings is 1. The maximum atomic E-state index is 15.2. The third-order valence-electron chi connectivity index (χ3n) is 5.36. The molecule has 1 aromatic heterocycles. The van der Waals surface area contributed by atoms with Crippen LogP contribution in [0, 0.1) is 11.3 Å². The van der Waals surface area contributed by atoms with E-state index in [1.54, 1.807) is 28.8 Å². The van der Waals surface area contributed by atoms with Gasteiger partial charge in [-0.05, 0) is 30.9 Å². The molecule has 7 nitrogen and oxygen atoms in total. The number of para-hydroxylation sites is 2. The summed E-state index contributed by atoms with van der Waals surface area (Å²) < 4.78 is 17.7. The highest BCUT2D eigenvalue weighted by atomic mass is 19.1. The standard InChI is InChI=1S/C19H25FN4O3/c1-18(2,3)19(20,15(21)25)22-16(26)24-14-10-5-4-9-13(14)23(17(24)27)11-12-7-6-8-12/h4-5,9-10,12H,6-8,11H2,1-3H3,(H2,21,25)(H,22,26)/t19-/m1/s1. The van der Waals surface area contributed by atoms with Crippen LogP contribution in [0.15, 0.2) is 29.1 Å². The summed E-state index contributed by atoms with van der Waals surface area (Å²) in [6, 6.07) is 5.83. The number of alkyl halides is 1. The summed E-state index contributed by atoms with van der Waals surface area (Å²) in [6.07, 6.45) is 3.21. The maximum Gasteiger partial charge on any atom is 0.337 e. The van der Waals surface area contributed by atoms with E-state index < -0.39 is 28.8 Å². The predicted octanol–water partition coefficient (Wildman–Crippen LogP) is 2.36. The Hall–Kier alpha value is -2.64. The normalized spacial score (nSPS) is 17.3. The summed E-state index contributed by atoms with van der Waals surface area (Å²) in [6.45, 7) is 4.84. The molecule has 3 N–H and O–H groups in total. The SMILES string of the molecule is CC(C)(C)[C@](F)(NC(=O)n1c(=O)n(CC2CCC2)c2ccccc21)C(N)=O. The van der Waals surface area contributed by atoms with Gasteiger partial charge in [-0.2, -0.15) is 0 Å². The second kappa shape index (κ2) is 6.51. The van der Waals surface area contributed by atoms with Crippen LogP contribution in [0.25, 0.3) is 11.0 Å². The third kappa shape index (κ3) is 3.13. The summed E-state index contributed by atoms with van der Waals surface area (Å²) in [5, 5.41) is 2.05. The number of hydrogen-bond acceptors (Lipinski definition) is 3. The predicted molar refractivity (Wildman–Crippen MR) is 100.0 cm³/mol. The molecule has 1 atom stereocenters. The van der Waals surface area contributed by atoms with E-state index in [4.69, 9.17) is 5.73 Å². The molecule has 146 valence electrons. The van der Waals surface area contributed by atoms with Gasteiger partial charge in [-0.1, -0.05) is 39.3 Å². The van der Waals surface area contributed by atoms with E-state index in [-0.39, 0.29) is 0 Å². The Kier molecular flexibility index (Phi) is 4.61. The summed E-state index contributed by atoms with van der Waals surface area (Å²) in [5.41, 5.74) is 4.33. The average Bonchev–Trinajstić information content (AvgIpc) is 2.81. The lowest BCUT2D eigenvalue weighted by molar-refractivity contribution is -0.139. The van der Waals surface area contributed by atoms with E-state index in [1.807, 2.05) is 5.32 Å². The van der Waals surface area contributed by atoms with Crippen LogP contribution in [0.4, 0.5) is 9.18 Å². The van der Waals surface area contributed by atoms with E-state index in [0.717, 1.165) is 23.8 Å². The number of aromatic nitrogens is 2. The quantitative estimate of drug-likeness (QED) is 0.801. The Balaban J connectivity index is 2.06. The number of carbonyl (C=O) groups excluding carboxylic acids is 2. The molecular weight excluding hydrogens is 351 g/mol. The summed E-state index contributed by atoms with van der Waals surface area (Å²) in [7, 11) is 0. The number of nitrogens with one attached hydrogen (secondary N) is 1. The zero-order valence-electron chi connectivity index (χ0n) is 15.8. The number of carbonyl (C=O) groups is 2. The summed E-state index contributed by atoms with van der Waals surface area (Å²) in [5.74, 6) is -3.72. The van der Waals surface area contributed by atoms with Gasteiger partial charge in [0.1, 0.15) is 0 Å². The highest BCUT2D eigenvalue weighted by Crippen LogP contribution is 2.32. The molecule has 27 heavy (non-hydrogen) atoms. The van der Waals surface area contributed by atoms with Crippen molar-refractivity contribution in [3.8, 4) is 0 Å². The van der Waals surface area contributed by atoms with Crippen LogP contribution >= 0.6 is 0 Å². The van der Waals surface area contributed by atoms with Gasteiger partial charge in [0, 0.05) is 12.0 Å². The van der Waals surface area contributed by atoms with Crippen molar-refractivity contribution < 1.29 is 14.0 Å². The second-order valence-corrected chi connectivity index (χ2v) is 8.22. The van der Waals surface area contributed by atoms with Crippen molar-refractivity contribution in [3.05, 3.63) is 34.7 Å². The van der Waals surface area contributed by atoms with Crippen LogP contribution in [0.1, 0.15) is 40.0 Å². The fraction of sp³-hybridized carbons (Fsp3) is 0.526. The number of primary amides is 1. The number of hydrogen-bond donors (Lipinski definition) is 2. The Labute approximate surface area is 156 Å². The van der Waals surface area contributed by atoms with E-state index in [9.17, 15) is 14.4 Å². The summed E-state index contributed by atoms with van der Waals surface area (Å²) in [4.78, 5) is 37.5. The molecular formula is C19H25FN4O3. The fourth-order valence-corrected chi connectivity index (χ4v) is 3.34. The largest absolute Gasteiger partial charge is 0.365 e. The van der Waals surface area contributed by atoms with E-state index in [0.29, 0.717) is 23.5 Å². The monoisotopic (exact) mass is 376 g/mol. The van der Waals surface area contributed by atoms with Crippen molar-refractivity contribution >= 4 is 23.0 Å². The molecule has 8 heteroatoms. The van der Waals surface area contributed by atoms with Crippen LogP contribution in [-0.2, 0) is 11.3 Å². The zero-order chi connectivity index (χ0) is 20.0. The molecule has 1 aliphatic carbocycles. The first kappa shape index (κ1) is 19.1. The molecule has 0 bridgehead atoms. The van der Waals surface area contributed by atoms with E-state index in [1.165, 1.54) is 20.8 Å². The number of imidazole rings is 1. The van der Waals surface area contributed by atoms with Crippen LogP contribution in [0.5, 0.6) is 0 Å². The molecule has 2 aromatic rings. The van der Waals surface area contributed by atoms with Crippen molar-refractivity contribution in [2.24, 2.45) is 17.1 Å². The average molecular weight is 376 g/mol. The molecule has 1 fully saturated rings. The number of nitrogens with zero attached hydrogens (tertiary/aromatic N) is 2. The minimum atomic E-state index is -2.80. The molecule has 0 radical (unpaired) electrons. The van der Waals surface area contributed by atoms with Crippen molar-refractivity contribution in [2.75, 3.05) is 0 Å². The van der Waals surface area contributed by atoms with Crippen LogP contribution in [-0.4, -0.2) is 26.9 Å². The van der Waals surface area contributed by atoms with Gasteiger partial charge >= 0.3 is 11.7 Å². The Morgan fingerprint density at radius 1 is 1.22 bits per heavy atom. The first-order valence-corrected chi connectivity index (χ1v) is 9.08. The Morgan fingerprint density at radius 2 is 1.81 bits per heavy atom. The molecule has 1 heterocycles. The minimum Gasteiger partial charge on any atom is -0.365 e. The highest BCUT2D eigenvalue weighted by Gasteiger charge is 2.50. The van der Waals surface area contributed by atoms with Crippen molar-refractivity contribution in [1.82, 2.24) is 14.5 Å². The lowest BCUT2D eigenvalue weighted by Crippen LogP contribution is -2.63. The van der Waals surface area contributed by atoms with Crippen molar-refractivity contribution in [2.45, 2.75) is 52.4 Å². The van der Waals surface area contributed by atoms with Gasteiger partial charge in [0.2, 0.25) is 0 Å². The van der Waals surface area contributed by atoms with Crippen LogP contribution in [0.2, 0.25) is 0 Å². The fourth-order valence-electron chi connectivity index (χ4n) is 3.34. The molecule has 0 spiro atoms. The highest BCUT2D eigenvalue weighted by molar-refractivity contribution is 5.94. The molecule has 3 rings (SSSR count). The first-order valence-electron chi connectivity index (χ1n) is 9.08. The molecule has 2 amide bonds. The summed E-state index contributed by atoms with van der Waals surface area (Å²) >= 11 is 0. The lowest BCUT2D eigenvalue weighted by atomic mass is 9.84. The number of rotatable bonds is 4. The number of nitrogens with two attached hydrogens (primary N) is 1. The molecule has 0 saturated heterocycles. The minimum absolute atomic E-state index is 0.361. The topological polar surface area (TPSA) is 99.1 Å². The second-order valence-electron chi connectivity index (χ2n) is 8.22. The van der Waals surface area contributed by atoms with Crippen molar-refractivity contribution in [3.63, 3.8) is 0 Å². The van der Waals surface area contributed by atoms with Gasteiger partial charge in [-0.25, -0.2) is 18.5 Å². The number of fused-ring (bicyclic) bond motifs is 1. The van der Waals surface area contributed by atoms with Gasteiger partial charge in [0.05, 0.1) is 11.0 Å². The van der Waals surface area contributed by atoms with Gasteiger partial charge in [0.25, 0.3) is 11.7 Å². The van der Waals surface area contributed by atoms with Crippen LogP contribution < -0.4 is 16.7 Å². The van der Waals surface area contributed by atoms with E-state index in [2.05, 4.69) is 0 Å². The molecule has 1 saturated carbocycles. The van der Waals surface area contributed by atoms with Crippen LogP contribution in [0.3, 0.4) is 0 Å². The van der Waals surface area contributed by atoms with Crippen molar-refractivity contribution in [1.29, 1.82) is 0 Å². The van der Waals surface area contributed by atoms with Gasteiger partial charge < -0.3 is 5.73 Å². The smallest absolute Gasteiger partial charge is 0.337 e. The van der Waals surface area contributed by atoms with E-state index >= 15 is 4.39 Å². The molecule has 0 unspecified atom stereocenters. The number of halogens is 1. The Morgan fingerprint density at radius 3 is 2.30 bits per heavy atom. The lowest BCUT2D eigenvalue weighted by Gasteiger charge is -2.35. The van der Waals surface area contributed by atoms with Gasteiger partial charge in [-0.3, -0.25) is 14.7 Å². The Bertz CT molecular complexity index is 952. The molecule has 1 aromatic carbocycles. The molecule has 0 aliphatic heterocycles. The zero-order valence-corrected chi connectivity index (χ0v) is 15.8. The first-order chi connectivity index (χ1) is 12.6. The molecule has 1 aliphatic rings. The maximum absolute atomic E-state index is 15.2. The van der Waals surface area contributed by atoms with Gasteiger partial charge in [0.15, 0.2) is 0 Å². The van der Waals surface area contributed by atoms with Gasteiger partial charge in [-0.15, -0.1) is 0 Å².